The van der Waals surface area contributed by atoms with Gasteiger partial charge in [-0.05, 0) is 49.9 Å². The number of hydrogen-bond acceptors (Lipinski definition) is 9. The first-order valence-corrected chi connectivity index (χ1v) is 18.4. The van der Waals surface area contributed by atoms with Crippen molar-refractivity contribution in [1.29, 1.82) is 0 Å². The molecule has 1 heterocycles. The van der Waals surface area contributed by atoms with Gasteiger partial charge in [0.25, 0.3) is 0 Å². The maximum absolute atomic E-state index is 12.6. The summed E-state index contributed by atoms with van der Waals surface area (Å²) in [6.45, 7) is 7.74. The highest BCUT2D eigenvalue weighted by molar-refractivity contribution is 7.57. The first-order valence-electron chi connectivity index (χ1n) is 14.8. The quantitative estimate of drug-likeness (QED) is 0.0667. The largest absolute Gasteiger partial charge is 0.480 e. The van der Waals surface area contributed by atoms with Crippen LogP contribution in [0.15, 0.2) is 36.5 Å². The van der Waals surface area contributed by atoms with Crippen LogP contribution >= 0.6 is 42.2 Å². The minimum atomic E-state index is -4.63. The van der Waals surface area contributed by atoms with Gasteiger partial charge in [-0.25, -0.2) is 4.68 Å². The topological polar surface area (TPSA) is 217 Å². The van der Waals surface area contributed by atoms with Crippen LogP contribution in [0.1, 0.15) is 37.0 Å². The molecule has 1 aromatic heterocycles. The number of halogens is 6. The minimum Gasteiger partial charge on any atom is -0.480 e. The lowest BCUT2D eigenvalue weighted by atomic mass is 10.0. The average molecular weight is 806 g/mol. The fourth-order valence-corrected chi connectivity index (χ4v) is 5.96. The van der Waals surface area contributed by atoms with Crippen LogP contribution in [0.4, 0.5) is 30.4 Å². The fourth-order valence-electron chi connectivity index (χ4n) is 4.42. The van der Waals surface area contributed by atoms with E-state index >= 15 is 0 Å². The number of ether oxygens (including phenoxy) is 1. The first kappa shape index (κ1) is 45.6. The standard InChI is InChI=1S/C15H22ClNO2.C10H5Cl2F3N4O2.C5H12NO4P/c1-5-13-8-6-7-11(2)15(13)17(14(18)9-16)12(3)10-19-4;11-5-1-4(10(13,14)15)2-6(12)8(5)18-9(16)7(3-17-18)19(20)21;1-11(9,10)3-2-4(6)5(7)8/h6-8,12H,5,9-10H2,1-4H3;1-3H,16H2;4H,2-3,6H2,1H3,(H,7,8)(H,9,10). The van der Waals surface area contributed by atoms with E-state index in [2.05, 4.69) is 18.1 Å². The number of aryl methyl sites for hydroxylation is 2. The summed E-state index contributed by atoms with van der Waals surface area (Å²) in [5.41, 5.74) is 12.1. The number of aromatic nitrogens is 2. The van der Waals surface area contributed by atoms with Crippen LogP contribution in [-0.4, -0.2) is 81.1 Å². The highest BCUT2D eigenvalue weighted by Gasteiger charge is 2.33. The van der Waals surface area contributed by atoms with Crippen molar-refractivity contribution in [2.75, 3.05) is 43.1 Å². The number of rotatable bonds is 12. The van der Waals surface area contributed by atoms with E-state index in [0.717, 1.165) is 34.1 Å². The van der Waals surface area contributed by atoms with Crippen LogP contribution in [0, 0.1) is 17.0 Å². The normalized spacial score (nSPS) is 13.4. The van der Waals surface area contributed by atoms with E-state index in [1.54, 1.807) is 12.0 Å². The predicted molar refractivity (Wildman–Crippen MR) is 191 cm³/mol. The van der Waals surface area contributed by atoms with Gasteiger partial charge in [0.15, 0.2) is 7.37 Å². The number of nitro groups is 1. The molecule has 0 radical (unpaired) electrons. The Labute approximate surface area is 307 Å². The summed E-state index contributed by atoms with van der Waals surface area (Å²) >= 11 is 17.3. The van der Waals surface area contributed by atoms with Gasteiger partial charge < -0.3 is 31.1 Å². The number of carboxylic acids is 1. The smallest absolute Gasteiger partial charge is 0.416 e. The van der Waals surface area contributed by atoms with Gasteiger partial charge in [0.05, 0.1) is 38.9 Å². The monoisotopic (exact) mass is 804 g/mol. The van der Waals surface area contributed by atoms with Gasteiger partial charge in [-0.15, -0.1) is 11.6 Å². The van der Waals surface area contributed by atoms with Gasteiger partial charge >= 0.3 is 17.8 Å². The number of hydrogen-bond donors (Lipinski definition) is 4. The van der Waals surface area contributed by atoms with Crippen LogP contribution < -0.4 is 16.4 Å². The lowest BCUT2D eigenvalue weighted by Crippen LogP contribution is -2.43. The number of benzene rings is 2. The van der Waals surface area contributed by atoms with E-state index in [1.165, 1.54) is 6.66 Å². The highest BCUT2D eigenvalue weighted by Crippen LogP contribution is 2.39. The zero-order valence-corrected chi connectivity index (χ0v) is 31.3. The number of nitrogen functional groups attached to an aromatic ring is 1. The van der Waals surface area contributed by atoms with Crippen LogP contribution in [0.5, 0.6) is 0 Å². The number of amides is 1. The molecule has 0 saturated carbocycles. The Balaban J connectivity index is 0.000000402. The molecule has 0 bridgehead atoms. The second-order valence-electron chi connectivity index (χ2n) is 11.0. The van der Waals surface area contributed by atoms with Crippen LogP contribution in [-0.2, 0) is 31.5 Å². The first-order chi connectivity index (χ1) is 23.5. The molecule has 21 heteroatoms. The SMILES string of the molecule is CCc1cccc(C)c1N(C(=O)CCl)C(C)COC.CP(=O)(O)CCC(N)C(=O)O.Nc1c([N+](=O)[O-])cnn1-c1c(Cl)cc(C(F)(F)F)cc1Cl. The lowest BCUT2D eigenvalue weighted by Gasteiger charge is -2.31. The molecule has 0 fully saturated rings. The van der Waals surface area contributed by atoms with Gasteiger partial charge in [-0.2, -0.15) is 18.3 Å². The van der Waals surface area contributed by atoms with Crippen molar-refractivity contribution in [3.8, 4) is 5.69 Å². The number of carboxylic acid groups (broad SMARTS) is 1. The Hall–Kier alpha value is -3.44. The molecule has 0 aliphatic carbocycles. The van der Waals surface area contributed by atoms with E-state index in [1.807, 2.05) is 26.0 Å². The van der Waals surface area contributed by atoms with Crippen molar-refractivity contribution in [3.05, 3.63) is 73.4 Å². The molecule has 14 nitrogen and oxygen atoms in total. The maximum Gasteiger partial charge on any atom is 0.416 e. The molecule has 284 valence electrons. The summed E-state index contributed by atoms with van der Waals surface area (Å²) < 4.78 is 54.5. The Bertz CT molecular complexity index is 1700. The summed E-state index contributed by atoms with van der Waals surface area (Å²) in [6.07, 6.45) is -2.91. The maximum atomic E-state index is 12.6. The molecule has 3 unspecified atom stereocenters. The molecule has 0 aliphatic rings. The van der Waals surface area contributed by atoms with Crippen molar-refractivity contribution in [2.24, 2.45) is 5.73 Å². The van der Waals surface area contributed by atoms with Gasteiger partial charge in [-0.3, -0.25) is 24.3 Å². The number of nitrogens with two attached hydrogens (primary N) is 2. The molecule has 6 N–H and O–H groups in total. The number of aliphatic carboxylic acids is 1. The summed E-state index contributed by atoms with van der Waals surface area (Å²) in [7, 11) is -1.47. The molecule has 3 aromatic rings. The number of carbonyl (C=O) groups is 2. The van der Waals surface area contributed by atoms with Crippen molar-refractivity contribution < 1.29 is 47.0 Å². The fraction of sp³-hybridized carbons (Fsp3) is 0.433. The number of nitrogens with zero attached hydrogens (tertiary/aromatic N) is 4. The number of para-hydroxylation sites is 1. The van der Waals surface area contributed by atoms with E-state index in [0.29, 0.717) is 18.7 Å². The Morgan fingerprint density at radius 1 is 1.24 bits per heavy atom. The van der Waals surface area contributed by atoms with Crippen LogP contribution in [0.3, 0.4) is 0 Å². The predicted octanol–water partition coefficient (Wildman–Crippen LogP) is 6.54. The molecule has 1 amide bonds. The van der Waals surface area contributed by atoms with Gasteiger partial charge in [0.2, 0.25) is 11.7 Å². The van der Waals surface area contributed by atoms with E-state index in [9.17, 15) is 37.4 Å². The minimum absolute atomic E-state index is 0.0223. The molecular weight excluding hydrogens is 767 g/mol. The van der Waals surface area contributed by atoms with E-state index in [4.69, 9.17) is 61.0 Å². The molecular formula is C30H39Cl3F3N6O8P. The third-order valence-electron chi connectivity index (χ3n) is 6.89. The van der Waals surface area contributed by atoms with E-state index < -0.39 is 47.5 Å². The molecule has 0 aliphatic heterocycles. The molecule has 3 atom stereocenters. The zero-order valence-electron chi connectivity index (χ0n) is 28.2. The number of anilines is 2. The van der Waals surface area contributed by atoms with Crippen LogP contribution in [0.2, 0.25) is 10.0 Å². The summed E-state index contributed by atoms with van der Waals surface area (Å²) in [5.74, 6) is -1.65. The highest BCUT2D eigenvalue weighted by atomic mass is 35.5. The summed E-state index contributed by atoms with van der Waals surface area (Å²) in [6, 6.07) is 6.28. The Morgan fingerprint density at radius 2 is 1.80 bits per heavy atom. The molecule has 2 aromatic carbocycles. The lowest BCUT2D eigenvalue weighted by molar-refractivity contribution is -0.383. The Kier molecular flexibility index (Phi) is 17.9. The third-order valence-corrected chi connectivity index (χ3v) is 8.78. The summed E-state index contributed by atoms with van der Waals surface area (Å²) in [4.78, 5) is 42.7. The number of methoxy groups -OCH3 is 1. The second kappa shape index (κ2) is 20.0. The van der Waals surface area contributed by atoms with Crippen molar-refractivity contribution >= 4 is 71.2 Å². The Morgan fingerprint density at radius 3 is 2.22 bits per heavy atom. The van der Waals surface area contributed by atoms with Gasteiger partial charge in [-0.1, -0.05) is 48.3 Å². The van der Waals surface area contributed by atoms with Crippen molar-refractivity contribution in [3.63, 3.8) is 0 Å². The molecule has 0 saturated heterocycles. The van der Waals surface area contributed by atoms with E-state index in [-0.39, 0.29) is 46.1 Å². The van der Waals surface area contributed by atoms with Crippen molar-refractivity contribution in [2.45, 2.75) is 51.9 Å². The van der Waals surface area contributed by atoms with Crippen LogP contribution in [0.25, 0.3) is 5.69 Å². The zero-order chi connectivity index (χ0) is 39.4. The average Bonchev–Trinajstić information content (AvgIpc) is 3.40. The molecule has 51 heavy (non-hydrogen) atoms. The number of alkyl halides is 4. The van der Waals surface area contributed by atoms with Gasteiger partial charge in [0.1, 0.15) is 23.8 Å². The number of carbonyl (C=O) groups excluding carboxylic acids is 1. The van der Waals surface area contributed by atoms with Crippen molar-refractivity contribution in [1.82, 2.24) is 9.78 Å². The third kappa shape index (κ3) is 13.6. The molecule has 3 rings (SSSR count). The second-order valence-corrected chi connectivity index (χ2v) is 14.6. The van der Waals surface area contributed by atoms with Gasteiger partial charge in [0, 0.05) is 19.9 Å². The summed E-state index contributed by atoms with van der Waals surface area (Å²) in [5, 5.41) is 21.8. The molecule has 0 spiro atoms.